The Morgan fingerprint density at radius 3 is 2.58 bits per heavy atom. The lowest BCUT2D eigenvalue weighted by molar-refractivity contribution is -0.186. The van der Waals surface area contributed by atoms with Crippen LogP contribution in [0.25, 0.3) is 0 Å². The summed E-state index contributed by atoms with van der Waals surface area (Å²) in [6.07, 6.45) is 5.51. The maximum Gasteiger partial charge on any atom is 0.251 e. The minimum absolute atomic E-state index is 0.0416. The SMILES string of the molecule is CN(C)Cc1ccc(C(=O)NC[C@H]2COC3(CCCCC3)O2)cc1. The van der Waals surface area contributed by atoms with Crippen LogP contribution in [0.3, 0.4) is 0 Å². The molecule has 0 radical (unpaired) electrons. The molecule has 1 amide bonds. The van der Waals surface area contributed by atoms with Crippen molar-refractivity contribution in [1.82, 2.24) is 10.2 Å². The number of benzene rings is 1. The predicted octanol–water partition coefficient (Wildman–Crippen LogP) is 2.55. The highest BCUT2D eigenvalue weighted by atomic mass is 16.7. The molecule has 1 heterocycles. The highest BCUT2D eigenvalue weighted by Crippen LogP contribution is 2.37. The van der Waals surface area contributed by atoms with Crippen LogP contribution in [0, 0.1) is 0 Å². The van der Waals surface area contributed by atoms with Crippen molar-refractivity contribution in [3.63, 3.8) is 0 Å². The van der Waals surface area contributed by atoms with E-state index < -0.39 is 0 Å². The monoisotopic (exact) mass is 332 g/mol. The summed E-state index contributed by atoms with van der Waals surface area (Å²) in [4.78, 5) is 14.4. The second kappa shape index (κ2) is 7.64. The Hall–Kier alpha value is -1.43. The van der Waals surface area contributed by atoms with E-state index in [2.05, 4.69) is 10.2 Å². The summed E-state index contributed by atoms with van der Waals surface area (Å²) >= 11 is 0. The van der Waals surface area contributed by atoms with E-state index in [4.69, 9.17) is 9.47 Å². The lowest BCUT2D eigenvalue weighted by Crippen LogP contribution is -2.37. The van der Waals surface area contributed by atoms with Gasteiger partial charge in [0, 0.05) is 31.5 Å². The Bertz CT molecular complexity index is 550. The third-order valence-corrected chi connectivity index (χ3v) is 4.73. The number of amides is 1. The number of hydrogen-bond donors (Lipinski definition) is 1. The summed E-state index contributed by atoms with van der Waals surface area (Å²) in [5.74, 6) is -0.429. The molecule has 1 aliphatic carbocycles. The van der Waals surface area contributed by atoms with Crippen LogP contribution in [0.4, 0.5) is 0 Å². The van der Waals surface area contributed by atoms with Gasteiger partial charge in [-0.3, -0.25) is 4.79 Å². The van der Waals surface area contributed by atoms with E-state index in [0.29, 0.717) is 18.7 Å². The fourth-order valence-electron chi connectivity index (χ4n) is 3.51. The van der Waals surface area contributed by atoms with Gasteiger partial charge >= 0.3 is 0 Å². The number of hydrogen-bond acceptors (Lipinski definition) is 4. The van der Waals surface area contributed by atoms with Crippen molar-refractivity contribution < 1.29 is 14.3 Å². The van der Waals surface area contributed by atoms with Crippen molar-refractivity contribution in [3.05, 3.63) is 35.4 Å². The Morgan fingerprint density at radius 2 is 1.92 bits per heavy atom. The quantitative estimate of drug-likeness (QED) is 0.900. The van der Waals surface area contributed by atoms with Gasteiger partial charge in [0.15, 0.2) is 5.79 Å². The molecule has 1 saturated heterocycles. The van der Waals surface area contributed by atoms with Gasteiger partial charge in [-0.25, -0.2) is 0 Å². The number of carbonyl (C=O) groups excluding carboxylic acids is 1. The average Bonchev–Trinajstić information content (AvgIpc) is 2.96. The molecule has 1 aromatic rings. The maximum absolute atomic E-state index is 12.3. The van der Waals surface area contributed by atoms with Crippen LogP contribution < -0.4 is 5.32 Å². The van der Waals surface area contributed by atoms with Crippen LogP contribution in [0.2, 0.25) is 0 Å². The van der Waals surface area contributed by atoms with E-state index in [1.54, 1.807) is 0 Å². The van der Waals surface area contributed by atoms with Gasteiger partial charge in [0.1, 0.15) is 6.10 Å². The fourth-order valence-corrected chi connectivity index (χ4v) is 3.51. The zero-order valence-corrected chi connectivity index (χ0v) is 14.7. The molecule has 0 unspecified atom stereocenters. The first-order valence-electron chi connectivity index (χ1n) is 8.90. The second-order valence-electron chi connectivity index (χ2n) is 7.17. The molecule has 132 valence electrons. The van der Waals surface area contributed by atoms with E-state index in [1.165, 1.54) is 24.8 Å². The first-order valence-corrected chi connectivity index (χ1v) is 8.90. The zero-order valence-electron chi connectivity index (χ0n) is 14.7. The van der Waals surface area contributed by atoms with Gasteiger partial charge in [0.2, 0.25) is 0 Å². The summed E-state index contributed by atoms with van der Waals surface area (Å²) in [5.41, 5.74) is 1.88. The van der Waals surface area contributed by atoms with Crippen molar-refractivity contribution in [2.45, 2.75) is 50.5 Å². The molecule has 24 heavy (non-hydrogen) atoms. The van der Waals surface area contributed by atoms with E-state index in [0.717, 1.165) is 19.4 Å². The van der Waals surface area contributed by atoms with Crippen molar-refractivity contribution in [1.29, 1.82) is 0 Å². The van der Waals surface area contributed by atoms with Gasteiger partial charge in [-0.15, -0.1) is 0 Å². The molecule has 1 N–H and O–H groups in total. The number of nitrogens with one attached hydrogen (secondary N) is 1. The summed E-state index contributed by atoms with van der Waals surface area (Å²) in [7, 11) is 4.06. The minimum atomic E-state index is -0.374. The molecule has 1 aromatic carbocycles. The molecule has 1 atom stereocenters. The average molecular weight is 332 g/mol. The molecule has 5 nitrogen and oxygen atoms in total. The summed E-state index contributed by atoms with van der Waals surface area (Å²) in [5, 5.41) is 2.97. The van der Waals surface area contributed by atoms with Crippen LogP contribution in [-0.2, 0) is 16.0 Å². The number of nitrogens with zero attached hydrogens (tertiary/aromatic N) is 1. The van der Waals surface area contributed by atoms with E-state index in [1.807, 2.05) is 38.4 Å². The molecule has 0 aromatic heterocycles. The van der Waals surface area contributed by atoms with Gasteiger partial charge in [-0.2, -0.15) is 0 Å². The number of rotatable bonds is 5. The molecule has 1 spiro atoms. The van der Waals surface area contributed by atoms with Crippen LogP contribution >= 0.6 is 0 Å². The molecule has 1 aliphatic heterocycles. The second-order valence-corrected chi connectivity index (χ2v) is 7.17. The molecule has 1 saturated carbocycles. The van der Waals surface area contributed by atoms with Gasteiger partial charge in [0.25, 0.3) is 5.91 Å². The topological polar surface area (TPSA) is 50.8 Å². The molecule has 5 heteroatoms. The van der Waals surface area contributed by atoms with Crippen molar-refractivity contribution in [3.8, 4) is 0 Å². The predicted molar refractivity (Wildman–Crippen MR) is 92.8 cm³/mol. The maximum atomic E-state index is 12.3. The molecular formula is C19H28N2O3. The Balaban J connectivity index is 1.47. The standard InChI is InChI=1S/C19H28N2O3/c1-21(2)13-15-6-8-16(9-7-15)18(22)20-12-17-14-23-19(24-17)10-4-3-5-11-19/h6-9,17H,3-5,10-14H2,1-2H3,(H,20,22)/t17-/m0/s1. The van der Waals surface area contributed by atoms with E-state index in [9.17, 15) is 4.79 Å². The lowest BCUT2D eigenvalue weighted by Gasteiger charge is -2.31. The van der Waals surface area contributed by atoms with Crippen LogP contribution in [0.5, 0.6) is 0 Å². The minimum Gasteiger partial charge on any atom is -0.349 e. The normalized spacial score (nSPS) is 22.9. The van der Waals surface area contributed by atoms with Crippen LogP contribution in [0.1, 0.15) is 48.0 Å². The summed E-state index contributed by atoms with van der Waals surface area (Å²) in [6.45, 7) is 1.94. The first kappa shape index (κ1) is 17.4. The fraction of sp³-hybridized carbons (Fsp3) is 0.632. The van der Waals surface area contributed by atoms with Gasteiger partial charge in [0.05, 0.1) is 6.61 Å². The van der Waals surface area contributed by atoms with Crippen LogP contribution in [0.15, 0.2) is 24.3 Å². The first-order chi connectivity index (χ1) is 11.6. The highest BCUT2D eigenvalue weighted by Gasteiger charge is 2.42. The Labute approximate surface area is 144 Å². The molecule has 3 rings (SSSR count). The molecular weight excluding hydrogens is 304 g/mol. The molecule has 0 bridgehead atoms. The smallest absolute Gasteiger partial charge is 0.251 e. The van der Waals surface area contributed by atoms with E-state index >= 15 is 0 Å². The summed E-state index contributed by atoms with van der Waals surface area (Å²) < 4.78 is 12.0. The van der Waals surface area contributed by atoms with Crippen LogP contribution in [-0.4, -0.2) is 49.9 Å². The van der Waals surface area contributed by atoms with Gasteiger partial charge in [-0.1, -0.05) is 18.6 Å². The Kier molecular flexibility index (Phi) is 5.54. The molecule has 2 aliphatic rings. The van der Waals surface area contributed by atoms with Crippen molar-refractivity contribution in [2.75, 3.05) is 27.2 Å². The highest BCUT2D eigenvalue weighted by molar-refractivity contribution is 5.94. The molecule has 2 fully saturated rings. The number of ether oxygens (including phenoxy) is 2. The Morgan fingerprint density at radius 1 is 1.21 bits per heavy atom. The van der Waals surface area contributed by atoms with Gasteiger partial charge in [-0.05, 0) is 44.6 Å². The zero-order chi connectivity index (χ0) is 17.0. The third kappa shape index (κ3) is 4.35. The van der Waals surface area contributed by atoms with E-state index in [-0.39, 0.29) is 17.8 Å². The lowest BCUT2D eigenvalue weighted by atomic mass is 9.94. The summed E-state index contributed by atoms with van der Waals surface area (Å²) in [6, 6.07) is 7.76. The van der Waals surface area contributed by atoms with Crippen molar-refractivity contribution >= 4 is 5.91 Å². The largest absolute Gasteiger partial charge is 0.349 e. The number of carbonyl (C=O) groups is 1. The third-order valence-electron chi connectivity index (χ3n) is 4.73. The van der Waals surface area contributed by atoms with Crippen molar-refractivity contribution in [2.24, 2.45) is 0 Å². The van der Waals surface area contributed by atoms with Gasteiger partial charge < -0.3 is 19.7 Å².